The molecule has 0 aromatic heterocycles. The molecule has 0 amide bonds. The second kappa shape index (κ2) is 66.3. The van der Waals surface area contributed by atoms with Gasteiger partial charge in [0.05, 0.1) is 42.7 Å². The molecule has 49 N–H and O–H groups in total. The maximum absolute atomic E-state index is 10.0. The van der Waals surface area contributed by atoms with E-state index in [4.69, 9.17) is 120 Å². The highest BCUT2D eigenvalue weighted by Gasteiger charge is 2.40. The van der Waals surface area contributed by atoms with Crippen LogP contribution in [0, 0.1) is 82.9 Å². The van der Waals surface area contributed by atoms with E-state index in [0.29, 0.717) is 136 Å². The molecule has 7 aliphatic carbocycles. The second-order valence-corrected chi connectivity index (χ2v) is 39.7. The first-order valence-corrected chi connectivity index (χ1v) is 48.1. The maximum Gasteiger partial charge on any atom is 0.0662 e. The summed E-state index contributed by atoms with van der Waals surface area (Å²) in [6.07, 6.45) is 37.9. The number of unbranched alkanes of at least 4 members (excludes halogenated alkanes) is 3. The summed E-state index contributed by atoms with van der Waals surface area (Å²) in [5.41, 5.74) is 124. The molecule has 7 aliphatic rings. The minimum Gasteiger partial charge on any atom is -0.393 e. The number of nitrogens with two attached hydrogens (primary N) is 21. The Kier molecular flexibility index (Phi) is 64.5. The molecule has 0 aromatic carbocycles. The normalized spacial score (nSPS) is 36.0. The fraction of sp³-hybridized carbons (Fsp3) is 1.00. The van der Waals surface area contributed by atoms with Crippen LogP contribution >= 0.6 is 0 Å². The molecule has 21 atom stereocenters. The van der Waals surface area contributed by atoms with Crippen molar-refractivity contribution in [2.45, 2.75) is 439 Å². The van der Waals surface area contributed by atoms with Crippen molar-refractivity contribution in [3.8, 4) is 0 Å². The van der Waals surface area contributed by atoms with Crippen molar-refractivity contribution in [1.29, 1.82) is 0 Å². The molecule has 118 heavy (non-hydrogen) atoms. The SMILES string of the molecule is CC1CC(N)C(C(O)CCCN)C(N)C1.CC1CC(N)C(C(O)CCN)C(N)C1.CC1CC(N)C(CCCC(O)CCCN)C(N)C1.CC1CC(N)C(CCCC(O)CCN)C(N)C1.CC1CC(N)C(CCCCC(O)CCCN)C(N)C1.CC1CC(N)C(CCCCC(O)CCN)C(N)C1.CC1CC(N)C(CCCCC(O)CN)C(N)C1. The Bertz CT molecular complexity index is 2250. The molecule has 708 valence electrons. The lowest BCUT2D eigenvalue weighted by atomic mass is 9.73. The molecular weight excluding hydrogens is 1490 g/mol. The van der Waals surface area contributed by atoms with Gasteiger partial charge in [0, 0.05) is 103 Å². The monoisotopic (exact) mass is 1690 g/mol. The third-order valence-corrected chi connectivity index (χ3v) is 27.9. The Balaban J connectivity index is 0.000000690. The van der Waals surface area contributed by atoms with E-state index in [1.54, 1.807) is 0 Å². The molecule has 0 heterocycles. The van der Waals surface area contributed by atoms with E-state index < -0.39 is 6.10 Å². The molecule has 7 fully saturated rings. The molecule has 0 spiro atoms. The summed E-state index contributed by atoms with van der Waals surface area (Å²) in [4.78, 5) is 0. The van der Waals surface area contributed by atoms with Crippen molar-refractivity contribution in [3.63, 3.8) is 0 Å². The number of hydrogen-bond acceptors (Lipinski definition) is 28. The lowest BCUT2D eigenvalue weighted by Gasteiger charge is -2.40. The molecule has 0 aliphatic heterocycles. The number of rotatable bonds is 41. The second-order valence-electron chi connectivity index (χ2n) is 39.7. The van der Waals surface area contributed by atoms with Gasteiger partial charge < -0.3 is 156 Å². The lowest BCUT2D eigenvalue weighted by Crippen LogP contribution is -2.53. The third-order valence-electron chi connectivity index (χ3n) is 27.9. The predicted octanol–water partition coefficient (Wildman–Crippen LogP) is 3.58. The minimum absolute atomic E-state index is 0.0229. The predicted molar refractivity (Wildman–Crippen MR) is 495 cm³/mol. The van der Waals surface area contributed by atoms with Crippen molar-refractivity contribution in [2.75, 3.05) is 45.8 Å². The zero-order valence-electron chi connectivity index (χ0n) is 76.4. The molecule has 28 heteroatoms. The molecule has 28 nitrogen and oxygen atoms in total. The molecule has 7 rings (SSSR count). The fourth-order valence-corrected chi connectivity index (χ4v) is 21.2. The summed E-state index contributed by atoms with van der Waals surface area (Å²) >= 11 is 0. The average Bonchev–Trinajstić information content (AvgIpc) is 0.842. The first-order valence-electron chi connectivity index (χ1n) is 48.1. The van der Waals surface area contributed by atoms with Crippen LogP contribution in [0.15, 0.2) is 0 Å². The van der Waals surface area contributed by atoms with E-state index in [9.17, 15) is 35.7 Å². The standard InChI is InChI=1S/C15H33N3O.2C14H31N3O.2C13H29N3O.C11H25N3O.C10H23N3O/c1-11-9-14(17)13(15(18)10-11)7-3-2-5-12(19)6-4-8-16;1-10-8-13(16)12(14(17)9-10)6-2-4-11(18)5-3-7-15;1-10-8-13(16)12(14(17)9-10)5-3-2-4-11(18)6-7-15;1-9-7-12(15)11(13(16)8-9)4-2-3-10(17)5-6-14;1-9-6-12(15)11(13(16)7-9)5-3-2-4-10(17)8-14;1-7-5-8(13)11(9(14)6-7)10(15)3-2-4-12;1-6-4-7(12)10(8(13)5-6)9(14)2-3-11/h11-15,19H,2-10,16-18H2,1H3;2*10-14,18H,2-9,15-17H2,1H3;2*9-13,17H,2-8,14-16H2,1H3;7-11,15H,2-6,12-14H2,1H3;6-10,14H,2-5,11-13H2,1H3. The van der Waals surface area contributed by atoms with Crippen LogP contribution in [0.1, 0.15) is 312 Å². The molecule has 0 aromatic rings. The minimum atomic E-state index is -0.433. The van der Waals surface area contributed by atoms with E-state index in [2.05, 4.69) is 48.5 Å². The average molecular weight is 1690 g/mol. The van der Waals surface area contributed by atoms with E-state index in [1.165, 1.54) is 0 Å². The highest BCUT2D eigenvalue weighted by Crippen LogP contribution is 2.37. The van der Waals surface area contributed by atoms with Gasteiger partial charge in [-0.1, -0.05) is 99.8 Å². The summed E-state index contributed by atoms with van der Waals surface area (Å²) in [5, 5.41) is 68.0. The Morgan fingerprint density at radius 3 is 0.593 bits per heavy atom. The largest absolute Gasteiger partial charge is 0.393 e. The van der Waals surface area contributed by atoms with Crippen molar-refractivity contribution < 1.29 is 35.7 Å². The highest BCUT2D eigenvalue weighted by molar-refractivity contribution is 4.97. The topological polar surface area (TPSA) is 688 Å². The van der Waals surface area contributed by atoms with Crippen molar-refractivity contribution in [3.05, 3.63) is 0 Å². The van der Waals surface area contributed by atoms with Gasteiger partial charge in [-0.15, -0.1) is 0 Å². The van der Waals surface area contributed by atoms with E-state index in [1.807, 2.05) is 0 Å². The van der Waals surface area contributed by atoms with Gasteiger partial charge in [-0.25, -0.2) is 0 Å². The summed E-state index contributed by atoms with van der Waals surface area (Å²) in [5.74, 6) is 6.77. The quantitative estimate of drug-likeness (QED) is 0.0389. The van der Waals surface area contributed by atoms with Crippen LogP contribution in [0.4, 0.5) is 0 Å². The molecular formula is C90H201N21O7. The van der Waals surface area contributed by atoms with Gasteiger partial charge in [-0.05, 0) is 322 Å². The molecule has 7 saturated carbocycles. The summed E-state index contributed by atoms with van der Waals surface area (Å²) in [6, 6.07) is 2.65. The molecule has 0 saturated heterocycles. The van der Waals surface area contributed by atoms with Crippen LogP contribution < -0.4 is 120 Å². The van der Waals surface area contributed by atoms with E-state index >= 15 is 0 Å². The Labute approximate surface area is 720 Å². The van der Waals surface area contributed by atoms with Gasteiger partial charge >= 0.3 is 0 Å². The van der Waals surface area contributed by atoms with Crippen LogP contribution in [0.3, 0.4) is 0 Å². The Hall–Kier alpha value is -1.12. The van der Waals surface area contributed by atoms with E-state index in [-0.39, 0.29) is 133 Å². The van der Waals surface area contributed by atoms with Crippen LogP contribution in [-0.4, -0.2) is 209 Å². The molecule has 0 bridgehead atoms. The van der Waals surface area contributed by atoms with Crippen molar-refractivity contribution >= 4 is 0 Å². The summed E-state index contributed by atoms with van der Waals surface area (Å²) in [7, 11) is 0. The zero-order valence-corrected chi connectivity index (χ0v) is 76.4. The Morgan fingerprint density at radius 2 is 0.373 bits per heavy atom. The lowest BCUT2D eigenvalue weighted by molar-refractivity contribution is 0.0419. The molecule has 21 unspecified atom stereocenters. The zero-order chi connectivity index (χ0) is 89.1. The van der Waals surface area contributed by atoms with Crippen LogP contribution in [0.5, 0.6) is 0 Å². The Morgan fingerprint density at radius 1 is 0.195 bits per heavy atom. The number of aliphatic hydroxyl groups is 7. The van der Waals surface area contributed by atoms with Crippen LogP contribution in [-0.2, 0) is 0 Å². The number of aliphatic hydroxyl groups excluding tert-OH is 7. The van der Waals surface area contributed by atoms with Crippen molar-refractivity contribution in [2.24, 2.45) is 203 Å². The van der Waals surface area contributed by atoms with Gasteiger partial charge in [0.2, 0.25) is 0 Å². The van der Waals surface area contributed by atoms with Gasteiger partial charge in [0.15, 0.2) is 0 Å². The van der Waals surface area contributed by atoms with Crippen molar-refractivity contribution in [1.82, 2.24) is 0 Å². The molecule has 0 radical (unpaired) electrons. The van der Waals surface area contributed by atoms with Gasteiger partial charge in [0.25, 0.3) is 0 Å². The van der Waals surface area contributed by atoms with Gasteiger partial charge in [0.1, 0.15) is 0 Å². The maximum atomic E-state index is 10.0. The third kappa shape index (κ3) is 48.7. The van der Waals surface area contributed by atoms with Gasteiger partial charge in [-0.3, -0.25) is 0 Å². The first kappa shape index (κ1) is 115. The first-order chi connectivity index (χ1) is 55.8. The smallest absolute Gasteiger partial charge is 0.0662 e. The summed E-state index contributed by atoms with van der Waals surface area (Å²) < 4.78 is 0. The van der Waals surface area contributed by atoms with Gasteiger partial charge in [-0.2, -0.15) is 0 Å². The number of hydrogen-bond donors (Lipinski definition) is 28. The van der Waals surface area contributed by atoms with E-state index in [0.717, 1.165) is 244 Å². The van der Waals surface area contributed by atoms with Crippen LogP contribution in [0.25, 0.3) is 0 Å². The van der Waals surface area contributed by atoms with Crippen LogP contribution in [0.2, 0.25) is 0 Å². The highest BCUT2D eigenvalue weighted by atomic mass is 16.3. The fourth-order valence-electron chi connectivity index (χ4n) is 21.2. The summed E-state index contributed by atoms with van der Waals surface area (Å²) in [6.45, 7) is 19.4.